The molecular formula is C18H14ClN3O3S. The van der Waals surface area contributed by atoms with Gasteiger partial charge in [0.2, 0.25) is 0 Å². The molecule has 2 N–H and O–H groups in total. The fourth-order valence-electron chi connectivity index (χ4n) is 2.11. The average molecular weight is 388 g/mol. The van der Waals surface area contributed by atoms with Gasteiger partial charge in [-0.1, -0.05) is 23.7 Å². The molecule has 0 unspecified atom stereocenters. The lowest BCUT2D eigenvalue weighted by Gasteiger charge is -2.11. The fourth-order valence-corrected chi connectivity index (χ4v) is 2.76. The molecule has 0 atom stereocenters. The summed E-state index contributed by atoms with van der Waals surface area (Å²) in [5, 5.41) is 8.21. The molecule has 132 valence electrons. The monoisotopic (exact) mass is 387 g/mol. The Morgan fingerprint density at radius 1 is 1.08 bits per heavy atom. The van der Waals surface area contributed by atoms with Crippen molar-refractivity contribution in [3.8, 4) is 5.75 Å². The van der Waals surface area contributed by atoms with Gasteiger partial charge in [-0.15, -0.1) is 11.3 Å². The van der Waals surface area contributed by atoms with E-state index in [1.54, 1.807) is 60.1 Å². The third-order valence-electron chi connectivity index (χ3n) is 3.28. The SMILES string of the molecule is O=C(COc1ccc(Cl)cc1)Nc1ccccc1C(=O)Nc1nccs1. The minimum Gasteiger partial charge on any atom is -0.484 e. The molecular weight excluding hydrogens is 374 g/mol. The van der Waals surface area contributed by atoms with Gasteiger partial charge in [0.05, 0.1) is 11.3 Å². The Balaban J connectivity index is 1.62. The number of rotatable bonds is 6. The Labute approximate surface area is 158 Å². The molecule has 0 aliphatic heterocycles. The van der Waals surface area contributed by atoms with Crippen LogP contribution in [0.3, 0.4) is 0 Å². The Morgan fingerprint density at radius 2 is 1.85 bits per heavy atom. The summed E-state index contributed by atoms with van der Waals surface area (Å²) in [4.78, 5) is 28.5. The van der Waals surface area contributed by atoms with Gasteiger partial charge in [0.25, 0.3) is 11.8 Å². The lowest BCUT2D eigenvalue weighted by Crippen LogP contribution is -2.22. The van der Waals surface area contributed by atoms with E-state index in [-0.39, 0.29) is 18.4 Å². The van der Waals surface area contributed by atoms with Crippen molar-refractivity contribution in [2.24, 2.45) is 0 Å². The highest BCUT2D eigenvalue weighted by Crippen LogP contribution is 2.19. The van der Waals surface area contributed by atoms with E-state index < -0.39 is 0 Å². The maximum Gasteiger partial charge on any atom is 0.262 e. The number of carbonyl (C=O) groups is 2. The van der Waals surface area contributed by atoms with Crippen LogP contribution in [0.4, 0.5) is 10.8 Å². The number of anilines is 2. The van der Waals surface area contributed by atoms with Gasteiger partial charge in [-0.25, -0.2) is 4.98 Å². The van der Waals surface area contributed by atoms with E-state index in [4.69, 9.17) is 16.3 Å². The van der Waals surface area contributed by atoms with E-state index in [1.807, 2.05) is 0 Å². The van der Waals surface area contributed by atoms with Gasteiger partial charge in [0.15, 0.2) is 11.7 Å². The molecule has 2 aromatic carbocycles. The summed E-state index contributed by atoms with van der Waals surface area (Å²) in [6.45, 7) is -0.190. The number of hydrogen-bond acceptors (Lipinski definition) is 5. The standard InChI is InChI=1S/C18H14ClN3O3S/c19-12-5-7-13(8-6-12)25-11-16(23)21-15-4-2-1-3-14(15)17(24)22-18-20-9-10-26-18/h1-10H,11H2,(H,21,23)(H,20,22,24). The van der Waals surface area contributed by atoms with Crippen LogP contribution in [0.25, 0.3) is 0 Å². The number of thiazole rings is 1. The van der Waals surface area contributed by atoms with Crippen LogP contribution in [0.15, 0.2) is 60.1 Å². The van der Waals surface area contributed by atoms with Crippen molar-refractivity contribution in [2.75, 3.05) is 17.2 Å². The summed E-state index contributed by atoms with van der Waals surface area (Å²) in [6, 6.07) is 13.4. The molecule has 26 heavy (non-hydrogen) atoms. The predicted octanol–water partition coefficient (Wildman–Crippen LogP) is 4.07. The fraction of sp³-hybridized carbons (Fsp3) is 0.0556. The highest BCUT2D eigenvalue weighted by Gasteiger charge is 2.14. The highest BCUT2D eigenvalue weighted by atomic mass is 35.5. The van der Waals surface area contributed by atoms with Crippen LogP contribution in [0, 0.1) is 0 Å². The maximum absolute atomic E-state index is 12.4. The number of hydrogen-bond donors (Lipinski definition) is 2. The van der Waals surface area contributed by atoms with Gasteiger partial charge in [-0.05, 0) is 36.4 Å². The van der Waals surface area contributed by atoms with Crippen molar-refractivity contribution < 1.29 is 14.3 Å². The Hall–Kier alpha value is -2.90. The van der Waals surface area contributed by atoms with Gasteiger partial charge < -0.3 is 10.1 Å². The predicted molar refractivity (Wildman–Crippen MR) is 102 cm³/mol. The zero-order valence-corrected chi connectivity index (χ0v) is 15.0. The summed E-state index contributed by atoms with van der Waals surface area (Å²) in [7, 11) is 0. The molecule has 2 amide bonds. The number of aromatic nitrogens is 1. The summed E-state index contributed by atoms with van der Waals surface area (Å²) in [6.07, 6.45) is 1.60. The number of nitrogens with zero attached hydrogens (tertiary/aromatic N) is 1. The number of benzene rings is 2. The molecule has 3 rings (SSSR count). The van der Waals surface area contributed by atoms with Gasteiger partial charge in [-0.2, -0.15) is 0 Å². The van der Waals surface area contributed by atoms with E-state index in [2.05, 4.69) is 15.6 Å². The minimum absolute atomic E-state index is 0.190. The molecule has 0 bridgehead atoms. The molecule has 0 aliphatic carbocycles. The Bertz CT molecular complexity index is 898. The number of halogens is 1. The van der Waals surface area contributed by atoms with Crippen LogP contribution in [0.2, 0.25) is 5.02 Å². The number of para-hydroxylation sites is 1. The van der Waals surface area contributed by atoms with Crippen LogP contribution in [0.1, 0.15) is 10.4 Å². The van der Waals surface area contributed by atoms with Crippen molar-refractivity contribution in [1.29, 1.82) is 0 Å². The third-order valence-corrected chi connectivity index (χ3v) is 4.22. The van der Waals surface area contributed by atoms with Crippen LogP contribution in [0.5, 0.6) is 5.75 Å². The maximum atomic E-state index is 12.4. The largest absolute Gasteiger partial charge is 0.484 e. The molecule has 0 fully saturated rings. The Kier molecular flexibility index (Phi) is 5.83. The first-order valence-electron chi connectivity index (χ1n) is 7.60. The number of amides is 2. The van der Waals surface area contributed by atoms with E-state index in [9.17, 15) is 9.59 Å². The normalized spacial score (nSPS) is 10.2. The summed E-state index contributed by atoms with van der Waals surface area (Å²) in [5.74, 6) is -0.205. The average Bonchev–Trinajstić information content (AvgIpc) is 3.14. The van der Waals surface area contributed by atoms with Gasteiger partial charge in [-0.3, -0.25) is 14.9 Å². The third kappa shape index (κ3) is 4.81. The van der Waals surface area contributed by atoms with Crippen LogP contribution < -0.4 is 15.4 Å². The first-order chi connectivity index (χ1) is 12.6. The van der Waals surface area contributed by atoms with Gasteiger partial charge in [0.1, 0.15) is 5.75 Å². The molecule has 6 nitrogen and oxygen atoms in total. The smallest absolute Gasteiger partial charge is 0.262 e. The summed E-state index contributed by atoms with van der Waals surface area (Å²) < 4.78 is 5.40. The second-order valence-corrected chi connectivity index (χ2v) is 6.46. The quantitative estimate of drug-likeness (QED) is 0.668. The number of carbonyl (C=O) groups excluding carboxylic acids is 2. The lowest BCUT2D eigenvalue weighted by molar-refractivity contribution is -0.118. The molecule has 1 heterocycles. The Morgan fingerprint density at radius 3 is 2.58 bits per heavy atom. The van der Waals surface area contributed by atoms with Crippen molar-refractivity contribution in [1.82, 2.24) is 4.98 Å². The van der Waals surface area contributed by atoms with Crippen molar-refractivity contribution >= 4 is 45.6 Å². The lowest BCUT2D eigenvalue weighted by atomic mass is 10.1. The van der Waals surface area contributed by atoms with Crippen molar-refractivity contribution in [3.63, 3.8) is 0 Å². The van der Waals surface area contributed by atoms with E-state index in [0.29, 0.717) is 27.2 Å². The van der Waals surface area contributed by atoms with Crippen LogP contribution >= 0.6 is 22.9 Å². The van der Waals surface area contributed by atoms with E-state index >= 15 is 0 Å². The molecule has 3 aromatic rings. The van der Waals surface area contributed by atoms with Crippen molar-refractivity contribution in [2.45, 2.75) is 0 Å². The first kappa shape index (κ1) is 17.9. The molecule has 0 saturated carbocycles. The second-order valence-electron chi connectivity index (χ2n) is 5.13. The molecule has 0 spiro atoms. The molecule has 0 aliphatic rings. The molecule has 0 radical (unpaired) electrons. The summed E-state index contributed by atoms with van der Waals surface area (Å²) >= 11 is 7.12. The first-order valence-corrected chi connectivity index (χ1v) is 8.85. The highest BCUT2D eigenvalue weighted by molar-refractivity contribution is 7.13. The topological polar surface area (TPSA) is 80.3 Å². The minimum atomic E-state index is -0.380. The second kappa shape index (κ2) is 8.46. The molecule has 8 heteroatoms. The molecule has 1 aromatic heterocycles. The zero-order chi connectivity index (χ0) is 18.4. The number of ether oxygens (including phenoxy) is 1. The van der Waals surface area contributed by atoms with E-state index in [0.717, 1.165) is 0 Å². The van der Waals surface area contributed by atoms with Crippen molar-refractivity contribution in [3.05, 3.63) is 70.7 Å². The zero-order valence-electron chi connectivity index (χ0n) is 13.4. The summed E-state index contributed by atoms with van der Waals surface area (Å²) in [5.41, 5.74) is 0.730. The van der Waals surface area contributed by atoms with Crippen LogP contribution in [-0.4, -0.2) is 23.4 Å². The van der Waals surface area contributed by atoms with Crippen LogP contribution in [-0.2, 0) is 4.79 Å². The van der Waals surface area contributed by atoms with Gasteiger partial charge >= 0.3 is 0 Å². The molecule has 0 saturated heterocycles. The van der Waals surface area contributed by atoms with Gasteiger partial charge in [0, 0.05) is 16.6 Å². The number of nitrogens with one attached hydrogen (secondary N) is 2. The van der Waals surface area contributed by atoms with E-state index in [1.165, 1.54) is 11.3 Å².